The largest absolute Gasteiger partial charge is 0.493 e. The molecule has 0 bridgehead atoms. The second kappa shape index (κ2) is 5.21. The predicted octanol–water partition coefficient (Wildman–Crippen LogP) is 2.25. The minimum Gasteiger partial charge on any atom is -0.493 e. The first kappa shape index (κ1) is 13.9. The first-order chi connectivity index (χ1) is 9.01. The molecule has 0 amide bonds. The van der Waals surface area contributed by atoms with Crippen LogP contribution in [0.1, 0.15) is 31.7 Å². The molecule has 0 saturated heterocycles. The second-order valence-electron chi connectivity index (χ2n) is 5.31. The third-order valence-electron chi connectivity index (χ3n) is 3.93. The minimum atomic E-state index is -0.892. The zero-order valence-corrected chi connectivity index (χ0v) is 11.7. The Morgan fingerprint density at radius 2 is 1.95 bits per heavy atom. The van der Waals surface area contributed by atoms with Crippen molar-refractivity contribution in [1.82, 2.24) is 0 Å². The molecule has 19 heavy (non-hydrogen) atoms. The van der Waals surface area contributed by atoms with E-state index in [1.165, 1.54) is 0 Å². The van der Waals surface area contributed by atoms with Gasteiger partial charge in [-0.25, -0.2) is 0 Å². The maximum atomic E-state index is 12.2. The van der Waals surface area contributed by atoms with Gasteiger partial charge < -0.3 is 15.2 Å². The fourth-order valence-corrected chi connectivity index (χ4v) is 2.76. The highest BCUT2D eigenvalue weighted by Crippen LogP contribution is 2.38. The monoisotopic (exact) mass is 263 g/mol. The number of methoxy groups -OCH3 is 2. The quantitative estimate of drug-likeness (QED) is 0.908. The summed E-state index contributed by atoms with van der Waals surface area (Å²) in [6, 6.07) is 5.47. The Labute approximate surface area is 113 Å². The molecule has 0 heterocycles. The molecule has 4 nitrogen and oxygen atoms in total. The van der Waals surface area contributed by atoms with Gasteiger partial charge in [0.15, 0.2) is 17.3 Å². The van der Waals surface area contributed by atoms with Gasteiger partial charge in [-0.05, 0) is 36.5 Å². The van der Waals surface area contributed by atoms with Gasteiger partial charge in [0.1, 0.15) is 5.54 Å². The first-order valence-electron chi connectivity index (χ1n) is 6.56. The number of ether oxygens (including phenoxy) is 2. The number of Topliss-reactive ketones (excluding diaryl/α,β-unsaturated/α-hetero) is 1. The van der Waals surface area contributed by atoms with Gasteiger partial charge in [0.05, 0.1) is 14.2 Å². The van der Waals surface area contributed by atoms with E-state index in [4.69, 9.17) is 15.2 Å². The highest BCUT2D eigenvalue weighted by atomic mass is 16.5. The van der Waals surface area contributed by atoms with Crippen molar-refractivity contribution in [2.75, 3.05) is 14.2 Å². The molecule has 0 radical (unpaired) electrons. The Balaban J connectivity index is 2.42. The van der Waals surface area contributed by atoms with Crippen molar-refractivity contribution in [2.24, 2.45) is 11.7 Å². The Hall–Kier alpha value is -1.55. The van der Waals surface area contributed by atoms with Crippen LogP contribution >= 0.6 is 0 Å². The van der Waals surface area contributed by atoms with Crippen LogP contribution in [0.2, 0.25) is 0 Å². The molecule has 1 aromatic rings. The normalized spacial score (nSPS) is 27.2. The standard InChI is InChI=1S/C15H21NO3/c1-10-4-7-14(17)15(16,9-10)11-5-6-12(18-2)13(8-11)19-3/h5-6,8,10H,4,7,9,16H2,1-3H3/t10-,15?/m0/s1. The van der Waals surface area contributed by atoms with Crippen molar-refractivity contribution in [3.63, 3.8) is 0 Å². The van der Waals surface area contributed by atoms with E-state index in [2.05, 4.69) is 6.92 Å². The molecule has 2 N–H and O–H groups in total. The van der Waals surface area contributed by atoms with Crippen molar-refractivity contribution >= 4 is 5.78 Å². The van der Waals surface area contributed by atoms with E-state index in [1.807, 2.05) is 12.1 Å². The van der Waals surface area contributed by atoms with Gasteiger partial charge in [-0.2, -0.15) is 0 Å². The first-order valence-corrected chi connectivity index (χ1v) is 6.56. The number of benzene rings is 1. The molecule has 1 aliphatic carbocycles. The number of hydrogen-bond donors (Lipinski definition) is 1. The summed E-state index contributed by atoms with van der Waals surface area (Å²) in [4.78, 5) is 12.2. The average Bonchev–Trinajstić information content (AvgIpc) is 2.42. The van der Waals surface area contributed by atoms with Crippen molar-refractivity contribution in [2.45, 2.75) is 31.7 Å². The molecule has 4 heteroatoms. The van der Waals surface area contributed by atoms with Gasteiger partial charge >= 0.3 is 0 Å². The van der Waals surface area contributed by atoms with Crippen molar-refractivity contribution < 1.29 is 14.3 Å². The predicted molar refractivity (Wildman–Crippen MR) is 73.4 cm³/mol. The van der Waals surface area contributed by atoms with Crippen LogP contribution in [0.5, 0.6) is 11.5 Å². The lowest BCUT2D eigenvalue weighted by molar-refractivity contribution is -0.127. The van der Waals surface area contributed by atoms with E-state index in [1.54, 1.807) is 20.3 Å². The summed E-state index contributed by atoms with van der Waals surface area (Å²) >= 11 is 0. The molecule has 104 valence electrons. The minimum absolute atomic E-state index is 0.109. The molecule has 2 atom stereocenters. The summed E-state index contributed by atoms with van der Waals surface area (Å²) in [5.41, 5.74) is 6.30. The van der Waals surface area contributed by atoms with Crippen LogP contribution in [-0.4, -0.2) is 20.0 Å². The SMILES string of the molecule is COc1ccc(C2(N)C[C@@H](C)CCC2=O)cc1OC. The molecule has 0 aliphatic heterocycles. The highest BCUT2D eigenvalue weighted by molar-refractivity contribution is 5.90. The molecule has 1 saturated carbocycles. The number of carbonyl (C=O) groups excluding carboxylic acids is 1. The van der Waals surface area contributed by atoms with Crippen LogP contribution in [0.25, 0.3) is 0 Å². The topological polar surface area (TPSA) is 61.5 Å². The number of hydrogen-bond acceptors (Lipinski definition) is 4. The van der Waals surface area contributed by atoms with Crippen LogP contribution in [0, 0.1) is 5.92 Å². The Morgan fingerprint density at radius 3 is 2.58 bits per heavy atom. The smallest absolute Gasteiger partial charge is 0.161 e. The zero-order chi connectivity index (χ0) is 14.0. The Kier molecular flexibility index (Phi) is 3.80. The maximum Gasteiger partial charge on any atom is 0.161 e. The third kappa shape index (κ3) is 2.45. The second-order valence-corrected chi connectivity index (χ2v) is 5.31. The summed E-state index contributed by atoms with van der Waals surface area (Å²) in [5.74, 6) is 1.82. The van der Waals surface area contributed by atoms with E-state index in [9.17, 15) is 4.79 Å². The molecule has 1 aromatic carbocycles. The van der Waals surface area contributed by atoms with E-state index < -0.39 is 5.54 Å². The summed E-state index contributed by atoms with van der Waals surface area (Å²) < 4.78 is 10.5. The molecular formula is C15H21NO3. The van der Waals surface area contributed by atoms with E-state index in [-0.39, 0.29) is 5.78 Å². The molecule has 1 aliphatic rings. The Bertz CT molecular complexity index is 486. The van der Waals surface area contributed by atoms with Gasteiger partial charge in [-0.1, -0.05) is 13.0 Å². The number of nitrogens with two attached hydrogens (primary N) is 1. The van der Waals surface area contributed by atoms with Crippen LogP contribution < -0.4 is 15.2 Å². The summed E-state index contributed by atoms with van der Waals surface area (Å²) in [5, 5.41) is 0. The molecule has 1 fully saturated rings. The lowest BCUT2D eigenvalue weighted by Gasteiger charge is -2.35. The average molecular weight is 263 g/mol. The van der Waals surface area contributed by atoms with E-state index in [0.717, 1.165) is 12.0 Å². The van der Waals surface area contributed by atoms with Crippen LogP contribution in [0.15, 0.2) is 18.2 Å². The third-order valence-corrected chi connectivity index (χ3v) is 3.93. The molecule has 1 unspecified atom stereocenters. The number of carbonyl (C=O) groups is 1. The van der Waals surface area contributed by atoms with Gasteiger partial charge in [-0.3, -0.25) is 4.79 Å². The maximum absolute atomic E-state index is 12.2. The lowest BCUT2D eigenvalue weighted by atomic mass is 9.72. The van der Waals surface area contributed by atoms with Crippen LogP contribution in [-0.2, 0) is 10.3 Å². The summed E-state index contributed by atoms with van der Waals surface area (Å²) in [7, 11) is 3.17. The molecular weight excluding hydrogens is 242 g/mol. The summed E-state index contributed by atoms with van der Waals surface area (Å²) in [6.45, 7) is 2.13. The highest BCUT2D eigenvalue weighted by Gasteiger charge is 2.40. The van der Waals surface area contributed by atoms with Crippen LogP contribution in [0.3, 0.4) is 0 Å². The molecule has 0 aromatic heterocycles. The lowest BCUT2D eigenvalue weighted by Crippen LogP contribution is -2.48. The van der Waals surface area contributed by atoms with Gasteiger partial charge in [0.25, 0.3) is 0 Å². The van der Waals surface area contributed by atoms with Gasteiger partial charge in [0, 0.05) is 6.42 Å². The van der Waals surface area contributed by atoms with E-state index >= 15 is 0 Å². The van der Waals surface area contributed by atoms with Gasteiger partial charge in [0.2, 0.25) is 0 Å². The fraction of sp³-hybridized carbons (Fsp3) is 0.533. The van der Waals surface area contributed by atoms with Gasteiger partial charge in [-0.15, -0.1) is 0 Å². The summed E-state index contributed by atoms with van der Waals surface area (Å²) in [6.07, 6.45) is 2.15. The van der Waals surface area contributed by atoms with E-state index in [0.29, 0.717) is 30.3 Å². The van der Waals surface area contributed by atoms with Crippen LogP contribution in [0.4, 0.5) is 0 Å². The van der Waals surface area contributed by atoms with Crippen molar-refractivity contribution in [1.29, 1.82) is 0 Å². The molecule has 2 rings (SSSR count). The fourth-order valence-electron chi connectivity index (χ4n) is 2.76. The molecule has 0 spiro atoms. The van der Waals surface area contributed by atoms with Crippen molar-refractivity contribution in [3.05, 3.63) is 23.8 Å². The Morgan fingerprint density at radius 1 is 1.26 bits per heavy atom. The zero-order valence-electron chi connectivity index (χ0n) is 11.7. The number of rotatable bonds is 3. The van der Waals surface area contributed by atoms with Crippen molar-refractivity contribution in [3.8, 4) is 11.5 Å². The number of ketones is 1.